The van der Waals surface area contributed by atoms with Gasteiger partial charge in [-0.05, 0) is 18.8 Å². The van der Waals surface area contributed by atoms with Gasteiger partial charge in [0.2, 0.25) is 0 Å². The van der Waals surface area contributed by atoms with Crippen LogP contribution >= 0.6 is 23.2 Å². The van der Waals surface area contributed by atoms with Gasteiger partial charge < -0.3 is 0 Å². The van der Waals surface area contributed by atoms with Crippen molar-refractivity contribution in [2.75, 3.05) is 0 Å². The smallest absolute Gasteiger partial charge is 0.0983 e. The maximum Gasteiger partial charge on any atom is 0.151 e. The van der Waals surface area contributed by atoms with Crippen molar-refractivity contribution < 1.29 is 0 Å². The maximum absolute atomic E-state index is 5.58. The summed E-state index contributed by atoms with van der Waals surface area (Å²) in [4.78, 5) is 0.551. The average Bonchev–Trinajstić information content (AvgIpc) is 2.03. The highest BCUT2D eigenvalue weighted by atomic mass is 35.5. The molecule has 0 aromatic heterocycles. The molecule has 1 radical (unpaired) electrons. The van der Waals surface area contributed by atoms with Gasteiger partial charge in [-0.1, -0.05) is 55.3 Å². The SMILES string of the molecule is Cl[C](Cl)CCC1CCCCC1. The first kappa shape index (κ1) is 9.67. The second kappa shape index (κ2) is 5.27. The predicted molar refractivity (Wildman–Crippen MR) is 50.8 cm³/mol. The fraction of sp³-hybridized carbons (Fsp3) is 0.889. The molecule has 1 saturated carbocycles. The zero-order chi connectivity index (χ0) is 8.10. The van der Waals surface area contributed by atoms with Crippen LogP contribution in [0.2, 0.25) is 0 Å². The normalized spacial score (nSPS) is 21.0. The molecule has 0 amide bonds. The molecule has 0 aliphatic heterocycles. The highest BCUT2D eigenvalue weighted by molar-refractivity contribution is 6.52. The molecule has 0 aromatic rings. The van der Waals surface area contributed by atoms with Crippen molar-refractivity contribution in [1.29, 1.82) is 0 Å². The Morgan fingerprint density at radius 2 is 1.73 bits per heavy atom. The summed E-state index contributed by atoms with van der Waals surface area (Å²) in [5, 5.41) is 0. The van der Waals surface area contributed by atoms with Crippen LogP contribution in [0.15, 0.2) is 0 Å². The highest BCUT2D eigenvalue weighted by Gasteiger charge is 2.14. The van der Waals surface area contributed by atoms with Gasteiger partial charge in [0.1, 0.15) is 0 Å². The Kier molecular flexibility index (Phi) is 4.63. The molecule has 1 aliphatic rings. The van der Waals surface area contributed by atoms with Crippen LogP contribution in [0.25, 0.3) is 0 Å². The van der Waals surface area contributed by atoms with Crippen LogP contribution in [-0.4, -0.2) is 0 Å². The lowest BCUT2D eigenvalue weighted by Gasteiger charge is -2.21. The maximum atomic E-state index is 5.58. The topological polar surface area (TPSA) is 0 Å². The molecule has 1 fully saturated rings. The van der Waals surface area contributed by atoms with Gasteiger partial charge in [0, 0.05) is 0 Å². The van der Waals surface area contributed by atoms with Gasteiger partial charge in [0.15, 0.2) is 4.84 Å². The molecule has 1 rings (SSSR count). The lowest BCUT2D eigenvalue weighted by Crippen LogP contribution is -2.06. The van der Waals surface area contributed by atoms with Gasteiger partial charge in [-0.2, -0.15) is 0 Å². The van der Waals surface area contributed by atoms with E-state index in [4.69, 9.17) is 23.2 Å². The van der Waals surface area contributed by atoms with E-state index in [-0.39, 0.29) is 0 Å². The molecule has 1 aliphatic carbocycles. The summed E-state index contributed by atoms with van der Waals surface area (Å²) in [7, 11) is 0. The van der Waals surface area contributed by atoms with Crippen LogP contribution in [0.4, 0.5) is 0 Å². The summed E-state index contributed by atoms with van der Waals surface area (Å²) in [6.07, 6.45) is 9.11. The van der Waals surface area contributed by atoms with E-state index in [2.05, 4.69) is 0 Å². The van der Waals surface area contributed by atoms with Crippen molar-refractivity contribution >= 4 is 23.2 Å². The minimum absolute atomic E-state index is 0.551. The van der Waals surface area contributed by atoms with E-state index < -0.39 is 0 Å². The zero-order valence-electron chi connectivity index (χ0n) is 6.78. The molecule has 0 unspecified atom stereocenters. The Morgan fingerprint density at radius 1 is 1.09 bits per heavy atom. The second-order valence-electron chi connectivity index (χ2n) is 3.38. The van der Waals surface area contributed by atoms with Crippen LogP contribution in [0, 0.1) is 10.8 Å². The second-order valence-corrected chi connectivity index (χ2v) is 4.49. The van der Waals surface area contributed by atoms with Gasteiger partial charge in [-0.25, -0.2) is 0 Å². The summed E-state index contributed by atoms with van der Waals surface area (Å²) in [6.45, 7) is 0. The predicted octanol–water partition coefficient (Wildman–Crippen LogP) is 4.31. The van der Waals surface area contributed by atoms with Gasteiger partial charge in [-0.3, -0.25) is 0 Å². The van der Waals surface area contributed by atoms with E-state index in [1.54, 1.807) is 0 Å². The van der Waals surface area contributed by atoms with E-state index in [1.165, 1.54) is 38.5 Å². The van der Waals surface area contributed by atoms with E-state index in [0.29, 0.717) is 4.84 Å². The van der Waals surface area contributed by atoms with Crippen LogP contribution in [0.1, 0.15) is 44.9 Å². The standard InChI is InChI=1S/C9H15Cl2/c10-9(11)7-6-8-4-2-1-3-5-8/h8H,1-7H2. The van der Waals surface area contributed by atoms with Crippen LogP contribution in [0.3, 0.4) is 0 Å². The van der Waals surface area contributed by atoms with Crippen LogP contribution in [-0.2, 0) is 0 Å². The highest BCUT2D eigenvalue weighted by Crippen LogP contribution is 2.30. The molecule has 0 spiro atoms. The quantitative estimate of drug-likeness (QED) is 0.627. The van der Waals surface area contributed by atoms with Crippen molar-refractivity contribution in [2.24, 2.45) is 5.92 Å². The van der Waals surface area contributed by atoms with Gasteiger partial charge in [-0.15, -0.1) is 0 Å². The lowest BCUT2D eigenvalue weighted by atomic mass is 9.86. The van der Waals surface area contributed by atoms with Crippen LogP contribution < -0.4 is 0 Å². The first-order valence-electron chi connectivity index (χ1n) is 4.46. The van der Waals surface area contributed by atoms with E-state index in [0.717, 1.165) is 12.3 Å². The zero-order valence-corrected chi connectivity index (χ0v) is 8.29. The van der Waals surface area contributed by atoms with E-state index >= 15 is 0 Å². The fourth-order valence-electron chi connectivity index (χ4n) is 1.79. The van der Waals surface area contributed by atoms with Gasteiger partial charge in [0.05, 0.1) is 0 Å². The molecule has 0 bridgehead atoms. The first-order chi connectivity index (χ1) is 5.29. The third kappa shape index (κ3) is 4.22. The Morgan fingerprint density at radius 3 is 2.27 bits per heavy atom. The molecule has 0 atom stereocenters. The number of rotatable bonds is 3. The molecule has 0 N–H and O–H groups in total. The largest absolute Gasteiger partial charge is 0.151 e. The van der Waals surface area contributed by atoms with E-state index in [9.17, 15) is 0 Å². The average molecular weight is 194 g/mol. The molecule has 0 saturated heterocycles. The van der Waals surface area contributed by atoms with Crippen LogP contribution in [0.5, 0.6) is 0 Å². The molecule has 2 heteroatoms. The summed E-state index contributed by atoms with van der Waals surface area (Å²) < 4.78 is 0. The third-order valence-corrected chi connectivity index (χ3v) is 2.84. The summed E-state index contributed by atoms with van der Waals surface area (Å²) in [5.41, 5.74) is 0. The molecular weight excluding hydrogens is 179 g/mol. The van der Waals surface area contributed by atoms with Gasteiger partial charge >= 0.3 is 0 Å². The molecule has 0 heterocycles. The summed E-state index contributed by atoms with van der Waals surface area (Å²) in [6, 6.07) is 0. The Balaban J connectivity index is 2.05. The van der Waals surface area contributed by atoms with Crippen molar-refractivity contribution in [3.63, 3.8) is 0 Å². The lowest BCUT2D eigenvalue weighted by molar-refractivity contribution is 0.339. The first-order valence-corrected chi connectivity index (χ1v) is 5.21. The molecule has 0 nitrogen and oxygen atoms in total. The van der Waals surface area contributed by atoms with Crippen molar-refractivity contribution in [3.8, 4) is 0 Å². The summed E-state index contributed by atoms with van der Waals surface area (Å²) in [5.74, 6) is 0.899. The van der Waals surface area contributed by atoms with Gasteiger partial charge in [0.25, 0.3) is 0 Å². The number of hydrogen-bond acceptors (Lipinski definition) is 0. The minimum Gasteiger partial charge on any atom is -0.0983 e. The van der Waals surface area contributed by atoms with Crippen molar-refractivity contribution in [2.45, 2.75) is 44.9 Å². The fourth-order valence-corrected chi connectivity index (χ4v) is 2.01. The van der Waals surface area contributed by atoms with Crippen molar-refractivity contribution in [1.82, 2.24) is 0 Å². The Hall–Kier alpha value is 0.580. The molecule has 65 valence electrons. The Bertz CT molecular complexity index is 95.7. The molecular formula is C9H15Cl2. The molecule has 11 heavy (non-hydrogen) atoms. The summed E-state index contributed by atoms with van der Waals surface area (Å²) >= 11 is 11.2. The third-order valence-electron chi connectivity index (χ3n) is 2.47. The minimum atomic E-state index is 0.551. The molecule has 0 aromatic carbocycles. The monoisotopic (exact) mass is 193 g/mol. The Labute approximate surface area is 79.3 Å². The van der Waals surface area contributed by atoms with Crippen molar-refractivity contribution in [3.05, 3.63) is 4.84 Å². The number of halogens is 2. The van der Waals surface area contributed by atoms with E-state index in [1.807, 2.05) is 0 Å². The number of hydrogen-bond donors (Lipinski definition) is 0.